The Kier molecular flexibility index (Phi) is 4.42. The summed E-state index contributed by atoms with van der Waals surface area (Å²) in [6, 6.07) is 6.82. The average Bonchev–Trinajstić information content (AvgIpc) is 2.35. The Morgan fingerprint density at radius 1 is 1.31 bits per heavy atom. The van der Waals surface area contributed by atoms with E-state index in [-0.39, 0.29) is 12.3 Å². The molecule has 0 unspecified atom stereocenters. The third-order valence-electron chi connectivity index (χ3n) is 2.03. The lowest BCUT2D eigenvalue weighted by molar-refractivity contribution is -0.134. The van der Waals surface area contributed by atoms with Crippen LogP contribution in [0.15, 0.2) is 30.3 Å². The molecule has 0 spiro atoms. The molecule has 0 aliphatic carbocycles. The van der Waals surface area contributed by atoms with Gasteiger partial charge in [-0.05, 0) is 11.6 Å². The van der Waals surface area contributed by atoms with Crippen molar-refractivity contribution in [2.24, 2.45) is 5.73 Å². The number of methoxy groups -OCH3 is 1. The molecule has 0 fully saturated rings. The molecule has 0 amide bonds. The van der Waals surface area contributed by atoms with Crippen molar-refractivity contribution in [3.63, 3.8) is 0 Å². The second kappa shape index (κ2) is 5.82. The van der Waals surface area contributed by atoms with Gasteiger partial charge in [0, 0.05) is 11.6 Å². The van der Waals surface area contributed by atoms with Crippen LogP contribution in [0.5, 0.6) is 0 Å². The highest BCUT2D eigenvalue weighted by Gasteiger charge is 2.01. The molecule has 1 rings (SSSR count). The Hall–Kier alpha value is -1.94. The Balaban J connectivity index is 2.75. The fourth-order valence-corrected chi connectivity index (χ4v) is 1.13. The minimum Gasteiger partial charge on any atom is -0.466 e. The van der Waals surface area contributed by atoms with Gasteiger partial charge in [0.15, 0.2) is 5.78 Å². The first-order chi connectivity index (χ1) is 7.67. The van der Waals surface area contributed by atoms with Gasteiger partial charge >= 0.3 is 5.97 Å². The summed E-state index contributed by atoms with van der Waals surface area (Å²) in [6.07, 6.45) is 2.93. The fraction of sp³-hybridized carbons (Fsp3) is 0.167. The Bertz CT molecular complexity index is 407. The topological polar surface area (TPSA) is 69.4 Å². The molecule has 0 aliphatic rings. The average molecular weight is 219 g/mol. The van der Waals surface area contributed by atoms with Crippen LogP contribution in [0.4, 0.5) is 0 Å². The van der Waals surface area contributed by atoms with Crippen LogP contribution in [0.2, 0.25) is 0 Å². The molecule has 0 radical (unpaired) electrons. The van der Waals surface area contributed by atoms with E-state index in [0.29, 0.717) is 5.56 Å². The van der Waals surface area contributed by atoms with E-state index in [2.05, 4.69) is 4.74 Å². The van der Waals surface area contributed by atoms with E-state index in [4.69, 9.17) is 5.73 Å². The monoisotopic (exact) mass is 219 g/mol. The van der Waals surface area contributed by atoms with Crippen LogP contribution in [0, 0.1) is 0 Å². The lowest BCUT2D eigenvalue weighted by atomic mass is 10.1. The maximum Gasteiger partial charge on any atom is 0.330 e. The number of ketones is 1. The third-order valence-corrected chi connectivity index (χ3v) is 2.03. The van der Waals surface area contributed by atoms with Crippen LogP contribution in [0.25, 0.3) is 6.08 Å². The SMILES string of the molecule is COC(=O)C=Cc1ccc(C(=O)CN)cc1. The summed E-state index contributed by atoms with van der Waals surface area (Å²) in [7, 11) is 1.32. The number of hydrogen-bond donors (Lipinski definition) is 1. The minimum absolute atomic E-state index is 0.00263. The maximum absolute atomic E-state index is 11.2. The number of benzene rings is 1. The first-order valence-electron chi connectivity index (χ1n) is 4.76. The molecule has 16 heavy (non-hydrogen) atoms. The Morgan fingerprint density at radius 2 is 1.94 bits per heavy atom. The van der Waals surface area contributed by atoms with E-state index in [1.807, 2.05) is 0 Å². The maximum atomic E-state index is 11.2. The number of rotatable bonds is 4. The highest BCUT2D eigenvalue weighted by atomic mass is 16.5. The molecular formula is C12H13NO3. The van der Waals surface area contributed by atoms with Crippen molar-refractivity contribution in [3.05, 3.63) is 41.5 Å². The van der Waals surface area contributed by atoms with Crippen molar-refractivity contribution >= 4 is 17.8 Å². The first-order valence-corrected chi connectivity index (χ1v) is 4.76. The molecule has 0 bridgehead atoms. The second-order valence-corrected chi connectivity index (χ2v) is 3.11. The zero-order valence-corrected chi connectivity index (χ0v) is 8.97. The van der Waals surface area contributed by atoms with Gasteiger partial charge in [-0.25, -0.2) is 4.79 Å². The molecule has 4 nitrogen and oxygen atoms in total. The van der Waals surface area contributed by atoms with Crippen LogP contribution in [0.1, 0.15) is 15.9 Å². The third kappa shape index (κ3) is 3.33. The number of Topliss-reactive ketones (excluding diaryl/α,β-unsaturated/α-hetero) is 1. The van der Waals surface area contributed by atoms with Crippen LogP contribution in [-0.4, -0.2) is 25.4 Å². The summed E-state index contributed by atoms with van der Waals surface area (Å²) in [5.41, 5.74) is 6.62. The number of esters is 1. The molecular weight excluding hydrogens is 206 g/mol. The molecule has 4 heteroatoms. The van der Waals surface area contributed by atoms with Gasteiger partial charge in [-0.3, -0.25) is 4.79 Å². The normalized spacial score (nSPS) is 10.4. The zero-order chi connectivity index (χ0) is 12.0. The fourth-order valence-electron chi connectivity index (χ4n) is 1.13. The summed E-state index contributed by atoms with van der Waals surface area (Å²) in [5.74, 6) is -0.523. The standard InChI is InChI=1S/C12H13NO3/c1-16-12(15)7-4-9-2-5-10(6-3-9)11(14)8-13/h2-7H,8,13H2,1H3. The predicted octanol–water partition coefficient (Wildman–Crippen LogP) is 1.01. The van der Waals surface area contributed by atoms with E-state index in [1.54, 1.807) is 30.3 Å². The van der Waals surface area contributed by atoms with E-state index in [0.717, 1.165) is 5.56 Å². The number of carbonyl (C=O) groups excluding carboxylic acids is 2. The van der Waals surface area contributed by atoms with Crippen molar-refractivity contribution in [3.8, 4) is 0 Å². The molecule has 1 aromatic rings. The molecule has 0 saturated heterocycles. The molecule has 0 heterocycles. The summed E-state index contributed by atoms with van der Waals surface area (Å²) >= 11 is 0. The van der Waals surface area contributed by atoms with Crippen LogP contribution in [0.3, 0.4) is 0 Å². The smallest absolute Gasteiger partial charge is 0.330 e. The molecule has 1 aromatic carbocycles. The van der Waals surface area contributed by atoms with E-state index >= 15 is 0 Å². The van der Waals surface area contributed by atoms with Crippen molar-refractivity contribution in [1.29, 1.82) is 0 Å². The van der Waals surface area contributed by atoms with Gasteiger partial charge in [0.05, 0.1) is 13.7 Å². The largest absolute Gasteiger partial charge is 0.466 e. The van der Waals surface area contributed by atoms with Crippen molar-refractivity contribution in [2.45, 2.75) is 0 Å². The summed E-state index contributed by atoms with van der Waals surface area (Å²) in [4.78, 5) is 22.0. The van der Waals surface area contributed by atoms with Crippen LogP contribution < -0.4 is 5.73 Å². The molecule has 0 aliphatic heterocycles. The van der Waals surface area contributed by atoms with Crippen molar-refractivity contribution in [1.82, 2.24) is 0 Å². The van der Waals surface area contributed by atoms with E-state index in [1.165, 1.54) is 13.2 Å². The predicted molar refractivity (Wildman–Crippen MR) is 60.9 cm³/mol. The highest BCUT2D eigenvalue weighted by Crippen LogP contribution is 2.06. The number of carbonyl (C=O) groups is 2. The van der Waals surface area contributed by atoms with Crippen molar-refractivity contribution < 1.29 is 14.3 Å². The van der Waals surface area contributed by atoms with E-state index < -0.39 is 5.97 Å². The number of ether oxygens (including phenoxy) is 1. The van der Waals surface area contributed by atoms with Gasteiger partial charge < -0.3 is 10.5 Å². The molecule has 0 aromatic heterocycles. The summed E-state index contributed by atoms with van der Waals surface area (Å²) in [6.45, 7) is -0.00263. The van der Waals surface area contributed by atoms with Gasteiger partial charge in [0.25, 0.3) is 0 Å². The summed E-state index contributed by atoms with van der Waals surface area (Å²) in [5, 5.41) is 0. The molecule has 0 atom stereocenters. The highest BCUT2D eigenvalue weighted by molar-refractivity contribution is 5.97. The lowest BCUT2D eigenvalue weighted by Crippen LogP contribution is -2.13. The number of nitrogens with two attached hydrogens (primary N) is 1. The lowest BCUT2D eigenvalue weighted by Gasteiger charge is -1.98. The quantitative estimate of drug-likeness (QED) is 0.466. The molecule has 84 valence electrons. The Morgan fingerprint density at radius 3 is 2.44 bits per heavy atom. The number of hydrogen-bond acceptors (Lipinski definition) is 4. The minimum atomic E-state index is -0.415. The first kappa shape index (κ1) is 12.1. The van der Waals surface area contributed by atoms with Gasteiger partial charge in [-0.2, -0.15) is 0 Å². The summed E-state index contributed by atoms with van der Waals surface area (Å²) < 4.78 is 4.45. The molecule has 2 N–H and O–H groups in total. The zero-order valence-electron chi connectivity index (χ0n) is 8.97. The van der Waals surface area contributed by atoms with Crippen molar-refractivity contribution in [2.75, 3.05) is 13.7 Å². The van der Waals surface area contributed by atoms with Gasteiger partial charge in [0.2, 0.25) is 0 Å². The van der Waals surface area contributed by atoms with E-state index in [9.17, 15) is 9.59 Å². The van der Waals surface area contributed by atoms with Crippen LogP contribution in [-0.2, 0) is 9.53 Å². The van der Waals surface area contributed by atoms with Gasteiger partial charge in [0.1, 0.15) is 0 Å². The Labute approximate surface area is 93.7 Å². The van der Waals surface area contributed by atoms with Gasteiger partial charge in [-0.15, -0.1) is 0 Å². The van der Waals surface area contributed by atoms with Gasteiger partial charge in [-0.1, -0.05) is 24.3 Å². The van der Waals surface area contributed by atoms with Crippen LogP contribution >= 0.6 is 0 Å². The molecule has 0 saturated carbocycles. The second-order valence-electron chi connectivity index (χ2n) is 3.11.